The molecule has 7 rings (SSSR count). The zero-order chi connectivity index (χ0) is 89.3. The molecule has 0 radical (unpaired) electrons. The predicted molar refractivity (Wildman–Crippen MR) is 412 cm³/mol. The first-order valence-electron chi connectivity index (χ1n) is 35.0. The second-order valence-electron chi connectivity index (χ2n) is 32.4. The summed E-state index contributed by atoms with van der Waals surface area (Å²) in [7, 11) is -0.346. The van der Waals surface area contributed by atoms with E-state index in [9.17, 15) is 47.9 Å². The molecule has 0 aromatic carbocycles. The van der Waals surface area contributed by atoms with Crippen LogP contribution in [0.5, 0.6) is 0 Å². The molecule has 7 heterocycles. The van der Waals surface area contributed by atoms with E-state index in [1.165, 1.54) is 44.4 Å². The minimum absolute atomic E-state index is 0.250. The number of H-pyrrole nitrogens is 2. The Labute approximate surface area is 673 Å². The maximum atomic E-state index is 11.9. The van der Waals surface area contributed by atoms with Crippen molar-refractivity contribution in [3.05, 3.63) is 108 Å². The molecule has 1 aliphatic heterocycles. The molecule has 38 nitrogen and oxygen atoms in total. The van der Waals surface area contributed by atoms with Crippen molar-refractivity contribution in [3.63, 3.8) is 0 Å². The molecule has 636 valence electrons. The van der Waals surface area contributed by atoms with Crippen molar-refractivity contribution < 1.29 is 124 Å². The number of ether oxygens (including phenoxy) is 10. The lowest BCUT2D eigenvalue weighted by atomic mass is 9.82. The molecular weight excluding hydrogens is 1560 g/mol. The van der Waals surface area contributed by atoms with E-state index >= 15 is 0 Å². The number of hydrogen-bond acceptors (Lipinski definition) is 32. The van der Waals surface area contributed by atoms with E-state index in [4.69, 9.17) is 66.4 Å². The smallest absolute Gasteiger partial charge is 0.442 e. The molecule has 0 spiro atoms. The Kier molecular flexibility index (Phi) is 46.1. The van der Waals surface area contributed by atoms with Crippen molar-refractivity contribution in [2.24, 2.45) is 0 Å². The van der Waals surface area contributed by atoms with Gasteiger partial charge in [0, 0.05) is 54.4 Å². The normalized spacial score (nSPS) is 12.4. The lowest BCUT2D eigenvalue weighted by molar-refractivity contribution is -0.193. The van der Waals surface area contributed by atoms with Crippen LogP contribution in [0.15, 0.2) is 74.4 Å². The van der Waals surface area contributed by atoms with Gasteiger partial charge < -0.3 is 56.7 Å². The van der Waals surface area contributed by atoms with Gasteiger partial charge in [0.05, 0.1) is 59.5 Å². The molecule has 0 unspecified atom stereocenters. The van der Waals surface area contributed by atoms with Gasteiger partial charge in [-0.1, -0.05) is 29.8 Å². The van der Waals surface area contributed by atoms with Crippen molar-refractivity contribution in [3.8, 4) is 0 Å². The number of halogens is 1. The van der Waals surface area contributed by atoms with Crippen LogP contribution in [-0.2, 0) is 100 Å². The molecule has 0 bridgehead atoms. The highest BCUT2D eigenvalue weighted by Gasteiger charge is 2.51. The van der Waals surface area contributed by atoms with E-state index in [0.717, 1.165) is 40.5 Å². The van der Waals surface area contributed by atoms with Crippen molar-refractivity contribution >= 4 is 96.9 Å². The average Bonchev–Trinajstić information content (AvgIpc) is 1.63. The van der Waals surface area contributed by atoms with Gasteiger partial charge in [-0.25, -0.2) is 38.4 Å². The molecule has 0 amide bonds. The van der Waals surface area contributed by atoms with Crippen LogP contribution in [0.25, 0.3) is 0 Å². The van der Waals surface area contributed by atoms with Crippen LogP contribution >= 0.6 is 15.9 Å². The van der Waals surface area contributed by atoms with Gasteiger partial charge in [-0.05, 0) is 223 Å². The molecule has 6 aromatic heterocycles. The molecule has 2 N–H and O–H groups in total. The van der Waals surface area contributed by atoms with Gasteiger partial charge in [-0.15, -0.1) is 0 Å². The fourth-order valence-electron chi connectivity index (χ4n) is 6.73. The standard InChI is InChI=1S/C15H25BN2O4.C10H16N2O2.2C10H18O5.C9H13BrN2O2.C9H12N2O3.C5H8N2.C4H4N2O.2CO2/c1-13(2,3)20-12(19)18-10-11(9-17-18)8-16-21-14(4,5)15(6,7)22-16;1-5-8-6-11-12(7-8)9(13)14-10(2,3)4;2*1-9(2,3)14-7(11)13-8(12)15-10(4,5)6;1-9(2,3)14-8(13)12-6-7(4-10)5-11-12;1-9(2,3)14-8(13)11-5-7(6-12)4-10-11;1-2-5-3-6-7-4-5;7-3-4-1-5-6-2-4;2*2-1-3/h9-10H,8H2,1-7H3;6-7H,5H2,1-4H3;2*1-6H3;5-6H,4H2,1-3H3;4-6H,1-3H3;3-4H,2H2,1H3,(H,6,7);1-3H,(H,5,6);;. The number of alkyl halides is 1. The molecule has 114 heavy (non-hydrogen) atoms. The van der Waals surface area contributed by atoms with Crippen LogP contribution < -0.4 is 0 Å². The number of rotatable bonds is 7. The molecule has 0 atom stereocenters. The van der Waals surface area contributed by atoms with Crippen molar-refractivity contribution in [1.29, 1.82) is 0 Å². The third kappa shape index (κ3) is 54.8. The largest absolute Gasteiger partial charge is 0.519 e. The third-order valence-corrected chi connectivity index (χ3v) is 12.4. The molecule has 1 aliphatic rings. The summed E-state index contributed by atoms with van der Waals surface area (Å²) in [5.41, 5.74) is -0.563. The Morgan fingerprint density at radius 2 is 0.675 bits per heavy atom. The molecule has 0 saturated carbocycles. The lowest BCUT2D eigenvalue weighted by Crippen LogP contribution is -2.41. The number of aromatic nitrogens is 12. The molecule has 1 saturated heterocycles. The highest BCUT2D eigenvalue weighted by Crippen LogP contribution is 2.37. The van der Waals surface area contributed by atoms with Crippen LogP contribution in [-0.4, -0.2) is 197 Å². The summed E-state index contributed by atoms with van der Waals surface area (Å²) in [5.74, 6) is 0. The number of aryl methyl sites for hydroxylation is 2. The zero-order valence-corrected chi connectivity index (χ0v) is 72.5. The molecule has 0 aliphatic carbocycles. The number of carbonyl (C=O) groups is 10. The third-order valence-electron chi connectivity index (χ3n) is 11.7. The number of nitrogens with one attached hydrogen (secondary N) is 2. The van der Waals surface area contributed by atoms with Crippen molar-refractivity contribution in [1.82, 2.24) is 59.5 Å². The summed E-state index contributed by atoms with van der Waals surface area (Å²) in [6, 6.07) is 0. The Bertz CT molecular complexity index is 3760. The first kappa shape index (κ1) is 107. The van der Waals surface area contributed by atoms with Crippen LogP contribution in [0.3, 0.4) is 0 Å². The van der Waals surface area contributed by atoms with Gasteiger partial charge in [0.25, 0.3) is 0 Å². The van der Waals surface area contributed by atoms with Gasteiger partial charge in [-0.3, -0.25) is 19.8 Å². The van der Waals surface area contributed by atoms with E-state index in [2.05, 4.69) is 73.1 Å². The Morgan fingerprint density at radius 3 is 0.904 bits per heavy atom. The molecular formula is C74H114BBrN12O26. The van der Waals surface area contributed by atoms with E-state index in [-0.39, 0.29) is 30.6 Å². The van der Waals surface area contributed by atoms with Gasteiger partial charge in [-0.2, -0.15) is 68.5 Å². The van der Waals surface area contributed by atoms with E-state index < -0.39 is 93.8 Å². The summed E-state index contributed by atoms with van der Waals surface area (Å²) < 4.78 is 64.7. The number of aldehydes is 2. The average molecular weight is 1680 g/mol. The first-order valence-corrected chi connectivity index (χ1v) is 36.1. The highest BCUT2D eigenvalue weighted by atomic mass is 79.9. The minimum atomic E-state index is -1.06. The van der Waals surface area contributed by atoms with Crippen molar-refractivity contribution in [2.45, 2.75) is 288 Å². The van der Waals surface area contributed by atoms with Gasteiger partial charge in [0.1, 0.15) is 44.8 Å². The van der Waals surface area contributed by atoms with E-state index in [1.807, 2.05) is 109 Å². The van der Waals surface area contributed by atoms with Gasteiger partial charge in [0.2, 0.25) is 0 Å². The monoisotopic (exact) mass is 1680 g/mol. The molecule has 1 fully saturated rings. The van der Waals surface area contributed by atoms with Crippen molar-refractivity contribution in [2.75, 3.05) is 0 Å². The number of aromatic amines is 2. The summed E-state index contributed by atoms with van der Waals surface area (Å²) >= 11 is 3.28. The predicted octanol–water partition coefficient (Wildman–Crippen LogP) is 14.9. The highest BCUT2D eigenvalue weighted by molar-refractivity contribution is 9.08. The van der Waals surface area contributed by atoms with Crippen LogP contribution in [0.1, 0.15) is 251 Å². The quantitative estimate of drug-likeness (QED) is 0.0374. The Morgan fingerprint density at radius 1 is 0.404 bits per heavy atom. The Balaban J connectivity index is -0.00000124. The fourth-order valence-corrected chi connectivity index (χ4v) is 7.02. The number of hydrogen-bond donors (Lipinski definition) is 2. The maximum absolute atomic E-state index is 11.9. The lowest BCUT2D eigenvalue weighted by Gasteiger charge is -2.32. The number of nitrogens with zero attached hydrogens (tertiary/aromatic N) is 10. The molecule has 6 aromatic rings. The Hall–Kier alpha value is -10.8. The maximum Gasteiger partial charge on any atom is 0.519 e. The first-order chi connectivity index (χ1) is 51.8. The summed E-state index contributed by atoms with van der Waals surface area (Å²) in [6.45, 7) is 53.9. The summed E-state index contributed by atoms with van der Waals surface area (Å²) in [5, 5.41) is 28.7. The fraction of sp³-hybridized carbons (Fsp3) is 0.595. The summed E-state index contributed by atoms with van der Waals surface area (Å²) in [4.78, 5) is 143. The van der Waals surface area contributed by atoms with E-state index in [0.29, 0.717) is 29.1 Å². The van der Waals surface area contributed by atoms with Crippen LogP contribution in [0.2, 0.25) is 0 Å². The minimum Gasteiger partial charge on any atom is -0.442 e. The zero-order valence-electron chi connectivity index (χ0n) is 71.0. The summed E-state index contributed by atoms with van der Waals surface area (Å²) in [6.07, 6.45) is 17.4. The SMILES string of the molecule is CC(C)(C)OC(=O)OC(=O)OC(C)(C)C.CC(C)(C)OC(=O)OC(=O)OC(C)(C)C.CC(C)(C)OC(=O)n1cc(C=O)cn1.CC(C)(C)OC(=O)n1cc(CB2OC(C)(C)C(C)(C)O2)cn1.CC(C)(C)OC(=O)n1cc(CBr)cn1.CCc1cn[nH]c1.CCc1cnn(C(=O)OC(C)(C)C)c1.O=C=O.O=C=O.O=Cc1cn[nH]c1. The van der Waals surface area contributed by atoms with Crippen LogP contribution in [0, 0.1) is 0 Å². The second kappa shape index (κ2) is 49.0. The number of carbonyl (C=O) groups excluding carboxylic acids is 14. The van der Waals surface area contributed by atoms with Crippen LogP contribution in [0.4, 0.5) is 38.4 Å². The second-order valence-corrected chi connectivity index (χ2v) is 32.9. The van der Waals surface area contributed by atoms with E-state index in [1.54, 1.807) is 141 Å². The topological polar surface area (TPSA) is 478 Å². The van der Waals surface area contributed by atoms with Gasteiger partial charge >= 0.3 is 68.4 Å². The molecule has 40 heteroatoms. The van der Waals surface area contributed by atoms with Gasteiger partial charge in [0.15, 0.2) is 12.6 Å².